The Morgan fingerprint density at radius 3 is 0.943 bits per heavy atom. The van der Waals surface area contributed by atoms with Crippen LogP contribution >= 0.6 is 0 Å². The molecule has 0 heteroatoms. The van der Waals surface area contributed by atoms with Crippen LogP contribution in [0.1, 0.15) is 178 Å². The van der Waals surface area contributed by atoms with E-state index in [1.54, 1.807) is 22.3 Å². The van der Waals surface area contributed by atoms with Crippen molar-refractivity contribution in [3.63, 3.8) is 0 Å². The molecule has 9 aromatic rings. The van der Waals surface area contributed by atoms with E-state index in [4.69, 9.17) is 0 Å². The molecule has 9 aromatic carbocycles. The minimum absolute atomic E-state index is 0.0633. The lowest BCUT2D eigenvalue weighted by atomic mass is 9.70. The molecule has 0 radical (unpaired) electrons. The maximum absolute atomic E-state index is 2.51. The van der Waals surface area contributed by atoms with Crippen LogP contribution in [-0.2, 0) is 10.8 Å². The number of hydrogen-bond donors (Lipinski definition) is 0. The van der Waals surface area contributed by atoms with Crippen LogP contribution in [0.2, 0.25) is 0 Å². The highest BCUT2D eigenvalue weighted by molar-refractivity contribution is 6.35. The smallest absolute Gasteiger partial charge is 0.0215 e. The summed E-state index contributed by atoms with van der Waals surface area (Å²) in [6.45, 7) is 9.36. The van der Waals surface area contributed by atoms with Crippen LogP contribution in [0.25, 0.3) is 87.6 Å². The van der Waals surface area contributed by atoms with Gasteiger partial charge in [0, 0.05) is 10.8 Å². The Balaban J connectivity index is 1.07. The third-order valence-corrected chi connectivity index (χ3v) is 17.7. The molecule has 0 amide bonds. The van der Waals surface area contributed by atoms with E-state index in [1.807, 2.05) is 0 Å². The average Bonchev–Trinajstić information content (AvgIpc) is 3.85. The third-order valence-electron chi connectivity index (χ3n) is 17.7. The Kier molecular flexibility index (Phi) is 13.5. The molecule has 0 fully saturated rings. The van der Waals surface area contributed by atoms with Crippen LogP contribution in [0.5, 0.6) is 0 Å². The van der Waals surface area contributed by atoms with E-state index in [1.165, 1.54) is 216 Å². The number of unbranched alkanes of at least 4 members (excludes halogenated alkanes) is 12. The van der Waals surface area contributed by atoms with Gasteiger partial charge in [-0.2, -0.15) is 0 Å². The van der Waals surface area contributed by atoms with Crippen molar-refractivity contribution < 1.29 is 0 Å². The Bertz CT molecular complexity index is 3020. The number of rotatable bonds is 22. The van der Waals surface area contributed by atoms with Crippen LogP contribution in [0.4, 0.5) is 0 Å². The van der Waals surface area contributed by atoms with Gasteiger partial charge in [0.2, 0.25) is 0 Å². The van der Waals surface area contributed by atoms with Crippen molar-refractivity contribution in [1.82, 2.24) is 0 Å². The van der Waals surface area contributed by atoms with Gasteiger partial charge in [0.25, 0.3) is 0 Å². The summed E-state index contributed by atoms with van der Waals surface area (Å²) < 4.78 is 0. The maximum atomic E-state index is 2.51. The lowest BCUT2D eigenvalue weighted by Crippen LogP contribution is -2.25. The van der Waals surface area contributed by atoms with E-state index in [9.17, 15) is 0 Å². The lowest BCUT2D eigenvalue weighted by Gasteiger charge is -2.33. The second-order valence-electron chi connectivity index (χ2n) is 21.7. The summed E-state index contributed by atoms with van der Waals surface area (Å²) in [4.78, 5) is 0. The molecule has 11 rings (SSSR count). The normalized spacial score (nSPS) is 14.2. The van der Waals surface area contributed by atoms with Crippen LogP contribution in [-0.4, -0.2) is 0 Å². The zero-order valence-corrected chi connectivity index (χ0v) is 43.0. The first-order valence-electron chi connectivity index (χ1n) is 28.2. The molecule has 356 valence electrons. The van der Waals surface area contributed by atoms with Gasteiger partial charge in [0.05, 0.1) is 0 Å². The van der Waals surface area contributed by atoms with E-state index in [2.05, 4.69) is 173 Å². The van der Waals surface area contributed by atoms with Crippen molar-refractivity contribution in [1.29, 1.82) is 0 Å². The number of fused-ring (bicyclic) bond motifs is 8. The topological polar surface area (TPSA) is 0 Å². The molecular formula is C70H76. The molecule has 0 atom stereocenters. The molecule has 70 heavy (non-hydrogen) atoms. The van der Waals surface area contributed by atoms with Gasteiger partial charge >= 0.3 is 0 Å². The SMILES string of the molecule is CCCCCCC1(CCCCCC)c2ccccc2-c2c(-c3ccc4c5ccc(-c6cccc7c6-c6ccccc6C7(CCCCCC)CCCCCC)c6cccc(c7cccc3c74)c65)cccc21. The van der Waals surface area contributed by atoms with Gasteiger partial charge in [-0.25, -0.2) is 0 Å². The van der Waals surface area contributed by atoms with Crippen LogP contribution in [0.15, 0.2) is 146 Å². The quantitative estimate of drug-likeness (QED) is 0.0361. The zero-order chi connectivity index (χ0) is 47.7. The summed E-state index contributed by atoms with van der Waals surface area (Å²) in [5.74, 6) is 0. The predicted molar refractivity (Wildman–Crippen MR) is 306 cm³/mol. The molecule has 2 aliphatic carbocycles. The molecule has 0 saturated heterocycles. The second-order valence-corrected chi connectivity index (χ2v) is 21.7. The highest BCUT2D eigenvalue weighted by Gasteiger charge is 2.44. The highest BCUT2D eigenvalue weighted by Crippen LogP contribution is 2.59. The van der Waals surface area contributed by atoms with Crippen molar-refractivity contribution in [2.45, 2.75) is 167 Å². The van der Waals surface area contributed by atoms with Gasteiger partial charge in [-0.15, -0.1) is 0 Å². The molecule has 0 nitrogen and oxygen atoms in total. The van der Waals surface area contributed by atoms with E-state index >= 15 is 0 Å². The first-order valence-corrected chi connectivity index (χ1v) is 28.2. The number of benzene rings is 9. The molecule has 0 N–H and O–H groups in total. The molecule has 0 spiro atoms. The van der Waals surface area contributed by atoms with E-state index in [0.29, 0.717) is 0 Å². The van der Waals surface area contributed by atoms with Gasteiger partial charge in [-0.3, -0.25) is 0 Å². The fourth-order valence-electron chi connectivity index (χ4n) is 14.4. The minimum atomic E-state index is 0.0633. The van der Waals surface area contributed by atoms with Gasteiger partial charge < -0.3 is 0 Å². The summed E-state index contributed by atoms with van der Waals surface area (Å²) in [7, 11) is 0. The van der Waals surface area contributed by atoms with Crippen molar-refractivity contribution in [2.24, 2.45) is 0 Å². The zero-order valence-electron chi connectivity index (χ0n) is 43.0. The molecule has 0 heterocycles. The lowest BCUT2D eigenvalue weighted by molar-refractivity contribution is 0.401. The Labute approximate surface area is 420 Å². The van der Waals surface area contributed by atoms with Crippen molar-refractivity contribution >= 4 is 43.1 Å². The first-order chi connectivity index (χ1) is 34.6. The fraction of sp³-hybridized carbons (Fsp3) is 0.371. The molecule has 0 aliphatic heterocycles. The fourth-order valence-corrected chi connectivity index (χ4v) is 14.4. The van der Waals surface area contributed by atoms with Crippen molar-refractivity contribution in [3.05, 3.63) is 168 Å². The monoisotopic (exact) mass is 917 g/mol. The molecule has 0 unspecified atom stereocenters. The summed E-state index contributed by atoms with van der Waals surface area (Å²) in [5.41, 5.74) is 17.8. The number of hydrogen-bond acceptors (Lipinski definition) is 0. The predicted octanol–water partition coefficient (Wildman–Crippen LogP) is 21.5. The van der Waals surface area contributed by atoms with Crippen molar-refractivity contribution in [3.8, 4) is 44.5 Å². The van der Waals surface area contributed by atoms with Gasteiger partial charge in [-0.05, 0) is 136 Å². The van der Waals surface area contributed by atoms with Crippen molar-refractivity contribution in [2.75, 3.05) is 0 Å². The van der Waals surface area contributed by atoms with Crippen LogP contribution in [0, 0.1) is 0 Å². The molecule has 2 aliphatic rings. The maximum Gasteiger partial charge on any atom is 0.0215 e. The average molecular weight is 917 g/mol. The largest absolute Gasteiger partial charge is 0.0654 e. The molecule has 0 saturated carbocycles. The highest BCUT2D eigenvalue weighted by atomic mass is 14.5. The first kappa shape index (κ1) is 46.7. The van der Waals surface area contributed by atoms with Gasteiger partial charge in [-0.1, -0.05) is 276 Å². The summed E-state index contributed by atoms with van der Waals surface area (Å²) in [6, 6.07) is 58.0. The summed E-state index contributed by atoms with van der Waals surface area (Å²) in [6.07, 6.45) is 25.7. The molecule has 0 aromatic heterocycles. The van der Waals surface area contributed by atoms with E-state index < -0.39 is 0 Å². The Morgan fingerprint density at radius 1 is 0.243 bits per heavy atom. The standard InChI is InChI=1S/C70H76/c1-5-9-13-21-45-69(46-22-14-10-6-2)61-37-19-17-29-59(61)67-53(35-27-39-63(67)69)49-41-43-57-58-44-42-50(52-32-26-34-56(66(52)58)55-33-25-31-51(49)65(55)57)54-36-28-40-64-68(54)60-30-18-20-38-62(60)70(64,47-23-15-11-7-3)48-24-16-12-8-4/h17-20,25-44H,5-16,21-24,45-48H2,1-4H3. The Morgan fingerprint density at radius 2 is 0.557 bits per heavy atom. The second kappa shape index (κ2) is 20.2. The van der Waals surface area contributed by atoms with Crippen LogP contribution in [0.3, 0.4) is 0 Å². The van der Waals surface area contributed by atoms with E-state index in [0.717, 1.165) is 0 Å². The van der Waals surface area contributed by atoms with Gasteiger partial charge in [0.1, 0.15) is 0 Å². The van der Waals surface area contributed by atoms with E-state index in [-0.39, 0.29) is 10.8 Å². The summed E-state index contributed by atoms with van der Waals surface area (Å²) >= 11 is 0. The van der Waals surface area contributed by atoms with Crippen LogP contribution < -0.4 is 0 Å². The molecule has 0 bridgehead atoms. The van der Waals surface area contributed by atoms with Gasteiger partial charge in [0.15, 0.2) is 0 Å². The molecular weight excluding hydrogens is 841 g/mol. The summed E-state index contributed by atoms with van der Waals surface area (Å²) in [5, 5.41) is 11.0. The Hall–Kier alpha value is -5.72. The third kappa shape index (κ3) is 7.70. The minimum Gasteiger partial charge on any atom is -0.0654 e.